The number of nitrogens with one attached hydrogen (secondary N) is 1. The number of anilines is 1. The van der Waals surface area contributed by atoms with E-state index >= 15 is 0 Å². The largest absolute Gasteiger partial charge is 0.422 e. The molecule has 0 unspecified atom stereocenters. The van der Waals surface area contributed by atoms with Crippen molar-refractivity contribution in [2.75, 3.05) is 19.0 Å². The van der Waals surface area contributed by atoms with Crippen molar-refractivity contribution >= 4 is 17.0 Å². The van der Waals surface area contributed by atoms with Gasteiger partial charge >= 0.3 is 0 Å². The van der Waals surface area contributed by atoms with Crippen molar-refractivity contribution in [3.63, 3.8) is 0 Å². The van der Waals surface area contributed by atoms with E-state index in [0.29, 0.717) is 60.1 Å². The van der Waals surface area contributed by atoms with E-state index in [0.717, 1.165) is 0 Å². The highest BCUT2D eigenvalue weighted by Crippen LogP contribution is 2.20. The van der Waals surface area contributed by atoms with Crippen LogP contribution in [0.4, 0.5) is 5.82 Å². The first-order valence-corrected chi connectivity index (χ1v) is 6.81. The molecule has 116 valence electrons. The fourth-order valence-electron chi connectivity index (χ4n) is 2.02. The Morgan fingerprint density at radius 3 is 2.82 bits per heavy atom. The van der Waals surface area contributed by atoms with Gasteiger partial charge in [0.1, 0.15) is 12.4 Å². The lowest BCUT2D eigenvalue weighted by Gasteiger charge is -2.04. The number of hydrogen-bond acceptors (Lipinski definition) is 9. The summed E-state index contributed by atoms with van der Waals surface area (Å²) in [6.45, 7) is 4.49. The minimum atomic E-state index is 0.334. The Morgan fingerprint density at radius 1 is 1.14 bits per heavy atom. The zero-order valence-electron chi connectivity index (χ0n) is 12.6. The van der Waals surface area contributed by atoms with Crippen molar-refractivity contribution in [2.24, 2.45) is 0 Å². The van der Waals surface area contributed by atoms with Crippen molar-refractivity contribution in [1.29, 1.82) is 0 Å². The van der Waals surface area contributed by atoms with Gasteiger partial charge in [0.05, 0.1) is 0 Å². The fourth-order valence-corrected chi connectivity index (χ4v) is 2.02. The topological polar surface area (TPSA) is 112 Å². The quantitative estimate of drug-likeness (QED) is 0.722. The standard InChI is InChI=1S/C13H16N6O3/c1-7-15-12(11-13(16-7)21-8(2)17-11)14-5-4-10-18-9(6-20-3)19-22-10/h4-6H2,1-3H3,(H,14,15,16). The van der Waals surface area contributed by atoms with Crippen LogP contribution in [0.3, 0.4) is 0 Å². The SMILES string of the molecule is COCc1noc(CCNc2nc(C)nc3oc(C)nc23)n1. The molecule has 0 aliphatic heterocycles. The molecule has 3 heterocycles. The van der Waals surface area contributed by atoms with Gasteiger partial charge in [-0.05, 0) is 6.92 Å². The van der Waals surface area contributed by atoms with E-state index in [1.54, 1.807) is 21.0 Å². The Hall–Kier alpha value is -2.55. The molecule has 9 heteroatoms. The first-order valence-electron chi connectivity index (χ1n) is 6.81. The van der Waals surface area contributed by atoms with Gasteiger partial charge in [0, 0.05) is 27.0 Å². The molecule has 0 amide bonds. The van der Waals surface area contributed by atoms with Crippen LogP contribution in [0.2, 0.25) is 0 Å². The van der Waals surface area contributed by atoms with Crippen LogP contribution < -0.4 is 5.32 Å². The van der Waals surface area contributed by atoms with E-state index in [9.17, 15) is 0 Å². The summed E-state index contributed by atoms with van der Waals surface area (Å²) >= 11 is 0. The molecule has 9 nitrogen and oxygen atoms in total. The average Bonchev–Trinajstić information content (AvgIpc) is 3.05. The Kier molecular flexibility index (Phi) is 3.96. The Labute approximate surface area is 126 Å². The minimum absolute atomic E-state index is 0.334. The van der Waals surface area contributed by atoms with Gasteiger partial charge in [-0.25, -0.2) is 9.97 Å². The molecule has 3 rings (SSSR count). The number of nitrogens with zero attached hydrogens (tertiary/aromatic N) is 5. The number of oxazole rings is 1. The predicted molar refractivity (Wildman–Crippen MR) is 76.3 cm³/mol. The van der Waals surface area contributed by atoms with Gasteiger partial charge in [0.2, 0.25) is 5.89 Å². The lowest BCUT2D eigenvalue weighted by atomic mass is 10.4. The van der Waals surface area contributed by atoms with Crippen LogP contribution in [0.1, 0.15) is 23.4 Å². The van der Waals surface area contributed by atoms with Gasteiger partial charge in [-0.1, -0.05) is 5.16 Å². The molecule has 0 bridgehead atoms. The maximum Gasteiger partial charge on any atom is 0.252 e. The first-order chi connectivity index (χ1) is 10.7. The highest BCUT2D eigenvalue weighted by Gasteiger charge is 2.12. The summed E-state index contributed by atoms with van der Waals surface area (Å²) in [4.78, 5) is 17.1. The lowest BCUT2D eigenvalue weighted by molar-refractivity contribution is 0.174. The third-order valence-corrected chi connectivity index (χ3v) is 2.89. The molecule has 22 heavy (non-hydrogen) atoms. The molecular formula is C13H16N6O3. The first kappa shape index (κ1) is 14.4. The molecule has 0 aliphatic carbocycles. The number of hydrogen-bond donors (Lipinski definition) is 1. The van der Waals surface area contributed by atoms with Crippen LogP contribution >= 0.6 is 0 Å². The molecule has 0 radical (unpaired) electrons. The molecule has 3 aromatic heterocycles. The molecule has 3 aromatic rings. The Morgan fingerprint density at radius 2 is 2.00 bits per heavy atom. The van der Waals surface area contributed by atoms with Crippen LogP contribution in [-0.4, -0.2) is 38.7 Å². The van der Waals surface area contributed by atoms with Gasteiger partial charge in [-0.15, -0.1) is 0 Å². The van der Waals surface area contributed by atoms with Crippen molar-refractivity contribution in [3.8, 4) is 0 Å². The van der Waals surface area contributed by atoms with Crippen LogP contribution in [0.5, 0.6) is 0 Å². The Balaban J connectivity index is 1.68. The third kappa shape index (κ3) is 3.03. The number of methoxy groups -OCH3 is 1. The van der Waals surface area contributed by atoms with Gasteiger partial charge in [-0.2, -0.15) is 9.97 Å². The molecule has 0 aromatic carbocycles. The molecule has 0 fully saturated rings. The van der Waals surface area contributed by atoms with Crippen LogP contribution in [-0.2, 0) is 17.8 Å². The monoisotopic (exact) mass is 304 g/mol. The molecule has 0 aliphatic rings. The van der Waals surface area contributed by atoms with Gasteiger partial charge < -0.3 is 19.0 Å². The third-order valence-electron chi connectivity index (χ3n) is 2.89. The Bertz CT molecular complexity index is 781. The summed E-state index contributed by atoms with van der Waals surface area (Å²) in [5, 5.41) is 7.01. The van der Waals surface area contributed by atoms with Gasteiger partial charge in [0.15, 0.2) is 23.0 Å². The van der Waals surface area contributed by atoms with Crippen LogP contribution in [0.15, 0.2) is 8.94 Å². The number of aryl methyl sites for hydroxylation is 2. The number of aromatic nitrogens is 5. The van der Waals surface area contributed by atoms with Gasteiger partial charge in [0.25, 0.3) is 5.71 Å². The summed E-state index contributed by atoms with van der Waals surface area (Å²) in [6, 6.07) is 0. The maximum atomic E-state index is 5.43. The van der Waals surface area contributed by atoms with E-state index in [-0.39, 0.29) is 0 Å². The second-order valence-electron chi connectivity index (χ2n) is 4.72. The summed E-state index contributed by atoms with van der Waals surface area (Å²) < 4.78 is 15.5. The van der Waals surface area contributed by atoms with E-state index < -0.39 is 0 Å². The minimum Gasteiger partial charge on any atom is -0.422 e. The molecule has 0 atom stereocenters. The van der Waals surface area contributed by atoms with Crippen molar-refractivity contribution in [1.82, 2.24) is 25.1 Å². The van der Waals surface area contributed by atoms with Crippen molar-refractivity contribution < 1.29 is 13.7 Å². The summed E-state index contributed by atoms with van der Waals surface area (Å²) in [5.74, 6) is 2.88. The number of fused-ring (bicyclic) bond motifs is 1. The highest BCUT2D eigenvalue weighted by atomic mass is 16.5. The molecule has 0 saturated heterocycles. The molecule has 0 spiro atoms. The zero-order valence-corrected chi connectivity index (χ0v) is 12.6. The van der Waals surface area contributed by atoms with Gasteiger partial charge in [-0.3, -0.25) is 0 Å². The second-order valence-corrected chi connectivity index (χ2v) is 4.72. The summed E-state index contributed by atoms with van der Waals surface area (Å²) in [6.07, 6.45) is 0.568. The summed E-state index contributed by atoms with van der Waals surface area (Å²) in [5.41, 5.74) is 1.10. The molecule has 0 saturated carbocycles. The zero-order chi connectivity index (χ0) is 15.5. The fraction of sp³-hybridized carbons (Fsp3) is 0.462. The number of rotatable bonds is 6. The van der Waals surface area contributed by atoms with E-state index in [2.05, 4.69) is 30.4 Å². The smallest absolute Gasteiger partial charge is 0.252 e. The highest BCUT2D eigenvalue weighted by molar-refractivity contribution is 5.81. The van der Waals surface area contributed by atoms with E-state index in [1.165, 1.54) is 0 Å². The van der Waals surface area contributed by atoms with Crippen molar-refractivity contribution in [3.05, 3.63) is 23.4 Å². The van der Waals surface area contributed by atoms with Crippen LogP contribution in [0.25, 0.3) is 11.2 Å². The van der Waals surface area contributed by atoms with E-state index in [4.69, 9.17) is 13.7 Å². The second kappa shape index (κ2) is 6.06. The average molecular weight is 304 g/mol. The van der Waals surface area contributed by atoms with E-state index in [1.807, 2.05) is 0 Å². The normalized spacial score (nSPS) is 11.2. The molecular weight excluding hydrogens is 288 g/mol. The molecule has 1 N–H and O–H groups in total. The van der Waals surface area contributed by atoms with Crippen molar-refractivity contribution in [2.45, 2.75) is 26.9 Å². The van der Waals surface area contributed by atoms with Crippen LogP contribution in [0, 0.1) is 13.8 Å². The predicted octanol–water partition coefficient (Wildman–Crippen LogP) is 1.42. The maximum absolute atomic E-state index is 5.43. The summed E-state index contributed by atoms with van der Waals surface area (Å²) in [7, 11) is 1.58. The lowest BCUT2D eigenvalue weighted by Crippen LogP contribution is -2.08. The number of ether oxygens (including phenoxy) is 1.